The van der Waals surface area contributed by atoms with Gasteiger partial charge in [-0.15, -0.1) is 11.3 Å². The van der Waals surface area contributed by atoms with Crippen LogP contribution >= 0.6 is 22.9 Å². The SMILES string of the molecule is CN(C)C(=O)c1nn2c(c1Cl)CN(c1nc(OC[C@@]34CCCN3C[C@H](F)C4)nc(N3CC4(CCc5sc(NC(=O)OC(C)(C)C)c(C#N)c54)C3)c1C#N)CC(F)(F)C2. The minimum absolute atomic E-state index is 0.0596. The van der Waals surface area contributed by atoms with Crippen molar-refractivity contribution in [3.63, 3.8) is 0 Å². The van der Waals surface area contributed by atoms with E-state index < -0.39 is 53.7 Å². The summed E-state index contributed by atoms with van der Waals surface area (Å²) >= 11 is 8.01. The predicted molar refractivity (Wildman–Crippen MR) is 208 cm³/mol. The summed E-state index contributed by atoms with van der Waals surface area (Å²) in [6.07, 6.45) is 1.54. The van der Waals surface area contributed by atoms with Gasteiger partial charge in [0.15, 0.2) is 17.3 Å². The summed E-state index contributed by atoms with van der Waals surface area (Å²) in [5, 5.41) is 28.3. The highest BCUT2D eigenvalue weighted by atomic mass is 35.5. The summed E-state index contributed by atoms with van der Waals surface area (Å²) in [4.78, 5) is 42.3. The number of fused-ring (bicyclic) bond motifs is 4. The highest BCUT2D eigenvalue weighted by Crippen LogP contribution is 2.54. The van der Waals surface area contributed by atoms with Crippen molar-refractivity contribution in [3.05, 3.63) is 38.0 Å². The van der Waals surface area contributed by atoms with Gasteiger partial charge in [-0.05, 0) is 58.6 Å². The molecule has 2 atom stereocenters. The van der Waals surface area contributed by atoms with Crippen molar-refractivity contribution in [3.8, 4) is 18.1 Å². The smallest absolute Gasteiger partial charge is 0.412 e. The number of hydrogen-bond donors (Lipinski definition) is 1. The van der Waals surface area contributed by atoms with Crippen LogP contribution in [0.1, 0.15) is 84.2 Å². The Bertz CT molecular complexity index is 2270. The number of nitriles is 2. The summed E-state index contributed by atoms with van der Waals surface area (Å²) < 4.78 is 59.2. The van der Waals surface area contributed by atoms with Crippen LogP contribution in [0.4, 0.5) is 34.6 Å². The molecule has 1 N–H and O–H groups in total. The van der Waals surface area contributed by atoms with Gasteiger partial charge in [-0.2, -0.15) is 25.6 Å². The van der Waals surface area contributed by atoms with Gasteiger partial charge in [0.05, 0.1) is 34.9 Å². The van der Waals surface area contributed by atoms with Crippen molar-refractivity contribution in [1.82, 2.24) is 29.5 Å². The second-order valence-electron chi connectivity index (χ2n) is 17.2. The quantitative estimate of drug-likeness (QED) is 0.318. The molecule has 7 heterocycles. The Kier molecular flexibility index (Phi) is 9.76. The topological polar surface area (TPSA) is 169 Å². The van der Waals surface area contributed by atoms with Gasteiger partial charge in [0, 0.05) is 50.4 Å². The largest absolute Gasteiger partial charge is 0.461 e. The molecule has 5 aliphatic rings. The van der Waals surface area contributed by atoms with Crippen molar-refractivity contribution < 1.29 is 32.2 Å². The molecule has 1 aliphatic carbocycles. The van der Waals surface area contributed by atoms with Crippen LogP contribution in [0.5, 0.6) is 6.01 Å². The van der Waals surface area contributed by atoms with E-state index in [1.807, 2.05) is 4.90 Å². The van der Waals surface area contributed by atoms with E-state index >= 15 is 8.78 Å². The molecule has 308 valence electrons. The van der Waals surface area contributed by atoms with E-state index in [9.17, 15) is 24.5 Å². The number of alkyl halides is 3. The molecule has 3 aromatic heterocycles. The van der Waals surface area contributed by atoms with Crippen molar-refractivity contribution in [2.45, 2.75) is 94.6 Å². The summed E-state index contributed by atoms with van der Waals surface area (Å²) in [6, 6.07) is 4.30. The van der Waals surface area contributed by atoms with Gasteiger partial charge in [0.25, 0.3) is 11.8 Å². The molecule has 2 amide bonds. The number of aromatic nitrogens is 4. The molecule has 58 heavy (non-hydrogen) atoms. The number of aryl methyl sites for hydroxylation is 1. The predicted octanol–water partition coefficient (Wildman–Crippen LogP) is 5.50. The van der Waals surface area contributed by atoms with E-state index in [0.717, 1.165) is 28.1 Å². The Hall–Kier alpha value is -4.85. The van der Waals surface area contributed by atoms with Crippen molar-refractivity contribution in [2.24, 2.45) is 0 Å². The fourth-order valence-electron chi connectivity index (χ4n) is 9.16. The molecule has 20 heteroatoms. The normalized spacial score (nSPS) is 23.0. The van der Waals surface area contributed by atoms with E-state index in [-0.39, 0.29) is 59.2 Å². The lowest BCUT2D eigenvalue weighted by Crippen LogP contribution is -2.59. The Morgan fingerprint density at radius 2 is 1.78 bits per heavy atom. The molecular weight excluding hydrogens is 799 g/mol. The first-order valence-corrected chi connectivity index (χ1v) is 20.3. The minimum atomic E-state index is -3.40. The van der Waals surface area contributed by atoms with Crippen LogP contribution in [0.15, 0.2) is 0 Å². The van der Waals surface area contributed by atoms with Crippen LogP contribution in [0.3, 0.4) is 0 Å². The first-order valence-electron chi connectivity index (χ1n) is 19.1. The van der Waals surface area contributed by atoms with Crippen molar-refractivity contribution in [2.75, 3.05) is 68.5 Å². The summed E-state index contributed by atoms with van der Waals surface area (Å²) in [5.74, 6) is -3.91. The standard InChI is InChI=1S/C38H43ClF3N11O4S/c1-35(2,3)57-34(55)47-31-22(12-43)26-25(58-31)7-9-36(26)16-51(17-36)30-23(13-44)29(45-33(46-30)56-20-37-8-6-10-52(37)14-21(40)11-37)50-15-24-27(39)28(32(54)49(4)5)48-53(24)19-38(41,42)18-50/h21H,6-11,14-20H2,1-5H3,(H,47,55)/t21-,37+/m1/s1. The number of carbonyl (C=O) groups excluding carboxylic acids is 2. The third-order valence-electron chi connectivity index (χ3n) is 11.6. The second kappa shape index (κ2) is 14.2. The highest BCUT2D eigenvalue weighted by molar-refractivity contribution is 7.16. The summed E-state index contributed by atoms with van der Waals surface area (Å²) in [6.45, 7) is 4.98. The van der Waals surface area contributed by atoms with Crippen LogP contribution in [0.2, 0.25) is 5.02 Å². The third kappa shape index (κ3) is 6.94. The fraction of sp³-hybridized carbons (Fsp3) is 0.605. The number of nitrogens with one attached hydrogen (secondary N) is 1. The van der Waals surface area contributed by atoms with E-state index in [1.165, 1.54) is 35.2 Å². The number of nitrogens with zero attached hydrogens (tertiary/aromatic N) is 10. The molecule has 4 aliphatic heterocycles. The molecule has 3 saturated heterocycles. The van der Waals surface area contributed by atoms with Gasteiger partial charge in [-0.3, -0.25) is 19.7 Å². The van der Waals surface area contributed by atoms with Gasteiger partial charge in [-0.25, -0.2) is 18.0 Å². The van der Waals surface area contributed by atoms with Gasteiger partial charge >= 0.3 is 12.1 Å². The molecule has 0 radical (unpaired) electrons. The van der Waals surface area contributed by atoms with E-state index in [1.54, 1.807) is 20.8 Å². The van der Waals surface area contributed by atoms with Crippen molar-refractivity contribution in [1.29, 1.82) is 10.5 Å². The first kappa shape index (κ1) is 40.0. The summed E-state index contributed by atoms with van der Waals surface area (Å²) in [7, 11) is 3.01. The second-order valence-corrected chi connectivity index (χ2v) is 18.6. The average Bonchev–Trinajstić information content (AvgIpc) is 3.89. The zero-order valence-electron chi connectivity index (χ0n) is 32.8. The van der Waals surface area contributed by atoms with Crippen LogP contribution in [-0.4, -0.2) is 118 Å². The van der Waals surface area contributed by atoms with E-state index in [2.05, 4.69) is 32.4 Å². The molecule has 1 spiro atoms. The Morgan fingerprint density at radius 1 is 1.07 bits per heavy atom. The zero-order valence-corrected chi connectivity index (χ0v) is 34.4. The number of hydrogen-bond acceptors (Lipinski definition) is 13. The van der Waals surface area contributed by atoms with Crippen LogP contribution in [0, 0.1) is 22.7 Å². The molecule has 0 aromatic carbocycles. The molecule has 3 fully saturated rings. The first-order chi connectivity index (χ1) is 27.3. The van der Waals surface area contributed by atoms with Crippen LogP contribution < -0.4 is 19.9 Å². The van der Waals surface area contributed by atoms with Gasteiger partial charge < -0.3 is 24.2 Å². The number of halogens is 4. The minimum Gasteiger partial charge on any atom is -0.461 e. The molecule has 0 bridgehead atoms. The average molecular weight is 842 g/mol. The maximum Gasteiger partial charge on any atom is 0.412 e. The molecule has 15 nitrogen and oxygen atoms in total. The molecule has 3 aromatic rings. The third-order valence-corrected chi connectivity index (χ3v) is 13.2. The number of ether oxygens (including phenoxy) is 2. The number of rotatable bonds is 7. The number of amides is 2. The molecular formula is C38H43ClF3N11O4S. The number of anilines is 3. The van der Waals surface area contributed by atoms with Crippen LogP contribution in [-0.2, 0) is 29.7 Å². The lowest BCUT2D eigenvalue weighted by Gasteiger charge is -2.49. The van der Waals surface area contributed by atoms with Gasteiger partial charge in [0.1, 0.15) is 47.6 Å². The lowest BCUT2D eigenvalue weighted by molar-refractivity contribution is -0.00847. The lowest BCUT2D eigenvalue weighted by atomic mass is 9.74. The molecule has 0 unspecified atom stereocenters. The van der Waals surface area contributed by atoms with E-state index in [4.69, 9.17) is 26.1 Å². The van der Waals surface area contributed by atoms with Crippen molar-refractivity contribution >= 4 is 51.6 Å². The van der Waals surface area contributed by atoms with Gasteiger partial charge in [-0.1, -0.05) is 11.6 Å². The Labute approximate surface area is 342 Å². The molecule has 0 saturated carbocycles. The van der Waals surface area contributed by atoms with Gasteiger partial charge in [0.2, 0.25) is 0 Å². The Balaban J connectivity index is 1.16. The maximum absolute atomic E-state index is 15.9. The number of thiophene rings is 1. The molecule has 8 rings (SSSR count). The maximum atomic E-state index is 15.9. The van der Waals surface area contributed by atoms with Crippen LogP contribution in [0.25, 0.3) is 0 Å². The fourth-order valence-corrected chi connectivity index (χ4v) is 10.7. The Morgan fingerprint density at radius 3 is 2.45 bits per heavy atom. The van der Waals surface area contributed by atoms with E-state index in [0.29, 0.717) is 49.5 Å². The number of carbonyl (C=O) groups is 2. The zero-order chi connectivity index (χ0) is 41.5. The monoisotopic (exact) mass is 841 g/mol. The summed E-state index contributed by atoms with van der Waals surface area (Å²) in [5.41, 5.74) is -0.746. The highest BCUT2D eigenvalue weighted by Gasteiger charge is 2.53.